The first kappa shape index (κ1) is 16.8. The van der Waals surface area contributed by atoms with Crippen LogP contribution in [0.25, 0.3) is 0 Å². The van der Waals surface area contributed by atoms with Crippen molar-refractivity contribution in [2.75, 3.05) is 17.1 Å². The molecule has 1 N–H and O–H groups in total. The van der Waals surface area contributed by atoms with Crippen LogP contribution in [0.15, 0.2) is 24.3 Å². The summed E-state index contributed by atoms with van der Waals surface area (Å²) in [6.07, 6.45) is 1.85. The molecular formula is C13H19ClN2O3S. The highest BCUT2D eigenvalue weighted by Crippen LogP contribution is 2.24. The van der Waals surface area contributed by atoms with Crippen molar-refractivity contribution < 1.29 is 13.2 Å². The first-order valence-corrected chi connectivity index (χ1v) is 8.52. The lowest BCUT2D eigenvalue weighted by Crippen LogP contribution is -2.48. The standard InChI is InChI=1S/C13H19ClN2O3S/c1-4-8-15-13(17)10(2)16(20(3,18)19)12-7-5-6-11(14)9-12/h5-7,9-10H,4,8H2,1-3H3,(H,15,17). The summed E-state index contributed by atoms with van der Waals surface area (Å²) in [4.78, 5) is 12.0. The number of benzene rings is 1. The van der Waals surface area contributed by atoms with Gasteiger partial charge in [-0.15, -0.1) is 0 Å². The summed E-state index contributed by atoms with van der Waals surface area (Å²) in [6, 6.07) is 5.58. The van der Waals surface area contributed by atoms with E-state index < -0.39 is 16.1 Å². The smallest absolute Gasteiger partial charge is 0.243 e. The zero-order valence-electron chi connectivity index (χ0n) is 11.8. The number of amides is 1. The Morgan fingerprint density at radius 1 is 1.45 bits per heavy atom. The van der Waals surface area contributed by atoms with Crippen molar-refractivity contribution in [2.24, 2.45) is 0 Å². The maximum atomic E-state index is 12.0. The Morgan fingerprint density at radius 2 is 2.10 bits per heavy atom. The van der Waals surface area contributed by atoms with Gasteiger partial charge in [0.15, 0.2) is 0 Å². The van der Waals surface area contributed by atoms with Crippen molar-refractivity contribution in [3.05, 3.63) is 29.3 Å². The van der Waals surface area contributed by atoms with Crippen LogP contribution in [0.4, 0.5) is 5.69 Å². The summed E-state index contributed by atoms with van der Waals surface area (Å²) >= 11 is 5.88. The molecule has 0 aromatic heterocycles. The van der Waals surface area contributed by atoms with Crippen LogP contribution in [0.2, 0.25) is 5.02 Å². The van der Waals surface area contributed by atoms with E-state index in [2.05, 4.69) is 5.32 Å². The number of carbonyl (C=O) groups is 1. The summed E-state index contributed by atoms with van der Waals surface area (Å²) in [5.41, 5.74) is 0.374. The van der Waals surface area contributed by atoms with Gasteiger partial charge in [0.05, 0.1) is 11.9 Å². The van der Waals surface area contributed by atoms with Gasteiger partial charge in [0.25, 0.3) is 0 Å². The van der Waals surface area contributed by atoms with Gasteiger partial charge in [-0.05, 0) is 31.5 Å². The Kier molecular flexibility index (Phi) is 5.83. The lowest BCUT2D eigenvalue weighted by atomic mass is 10.2. The molecule has 0 radical (unpaired) electrons. The Morgan fingerprint density at radius 3 is 2.60 bits per heavy atom. The molecule has 1 amide bonds. The number of nitrogens with one attached hydrogen (secondary N) is 1. The molecule has 0 aliphatic rings. The van der Waals surface area contributed by atoms with Gasteiger partial charge in [-0.3, -0.25) is 9.10 Å². The third kappa shape index (κ3) is 4.38. The van der Waals surface area contributed by atoms with E-state index in [4.69, 9.17) is 11.6 Å². The highest BCUT2D eigenvalue weighted by atomic mass is 35.5. The topological polar surface area (TPSA) is 66.5 Å². The highest BCUT2D eigenvalue weighted by molar-refractivity contribution is 7.92. The zero-order chi connectivity index (χ0) is 15.3. The molecule has 1 aromatic carbocycles. The monoisotopic (exact) mass is 318 g/mol. The van der Waals surface area contributed by atoms with Crippen molar-refractivity contribution in [3.63, 3.8) is 0 Å². The van der Waals surface area contributed by atoms with Crippen LogP contribution in [0.3, 0.4) is 0 Å². The van der Waals surface area contributed by atoms with Gasteiger partial charge in [-0.25, -0.2) is 8.42 Å². The summed E-state index contributed by atoms with van der Waals surface area (Å²) in [5.74, 6) is -0.336. The zero-order valence-corrected chi connectivity index (χ0v) is 13.3. The van der Waals surface area contributed by atoms with Gasteiger partial charge in [0.1, 0.15) is 6.04 Å². The molecule has 1 atom stereocenters. The lowest BCUT2D eigenvalue weighted by molar-refractivity contribution is -0.121. The number of hydrogen-bond acceptors (Lipinski definition) is 3. The van der Waals surface area contributed by atoms with Crippen LogP contribution in [0, 0.1) is 0 Å². The van der Waals surface area contributed by atoms with Gasteiger partial charge in [0, 0.05) is 11.6 Å². The molecule has 0 aliphatic heterocycles. The number of halogens is 1. The number of hydrogen-bond donors (Lipinski definition) is 1. The van der Waals surface area contributed by atoms with Crippen molar-refractivity contribution in [2.45, 2.75) is 26.3 Å². The van der Waals surface area contributed by atoms with E-state index in [0.717, 1.165) is 17.0 Å². The molecule has 0 heterocycles. The van der Waals surface area contributed by atoms with Crippen molar-refractivity contribution >= 4 is 33.2 Å². The number of anilines is 1. The Labute approximate surface area is 125 Å². The first-order valence-electron chi connectivity index (χ1n) is 6.30. The first-order chi connectivity index (χ1) is 9.27. The van der Waals surface area contributed by atoms with Gasteiger partial charge in [-0.2, -0.15) is 0 Å². The Balaban J connectivity index is 3.11. The van der Waals surface area contributed by atoms with Gasteiger partial charge in [-0.1, -0.05) is 24.6 Å². The molecule has 1 aromatic rings. The van der Waals surface area contributed by atoms with E-state index >= 15 is 0 Å². The summed E-state index contributed by atoms with van der Waals surface area (Å²) < 4.78 is 25.0. The lowest BCUT2D eigenvalue weighted by Gasteiger charge is -2.28. The fourth-order valence-corrected chi connectivity index (χ4v) is 3.17. The number of rotatable bonds is 6. The molecule has 5 nitrogen and oxygen atoms in total. The maximum Gasteiger partial charge on any atom is 0.243 e. The minimum Gasteiger partial charge on any atom is -0.354 e. The molecule has 0 saturated heterocycles. The predicted octanol–water partition coefficient (Wildman–Crippen LogP) is 2.02. The van der Waals surface area contributed by atoms with Gasteiger partial charge in [0.2, 0.25) is 15.9 Å². The predicted molar refractivity (Wildman–Crippen MR) is 81.5 cm³/mol. The second-order valence-corrected chi connectivity index (χ2v) is 6.80. The van der Waals surface area contributed by atoms with E-state index in [9.17, 15) is 13.2 Å². The minimum atomic E-state index is -3.59. The fraction of sp³-hybridized carbons (Fsp3) is 0.462. The van der Waals surface area contributed by atoms with E-state index in [-0.39, 0.29) is 5.91 Å². The molecular weight excluding hydrogens is 300 g/mol. The fourth-order valence-electron chi connectivity index (χ4n) is 1.82. The third-order valence-electron chi connectivity index (χ3n) is 2.70. The largest absolute Gasteiger partial charge is 0.354 e. The maximum absolute atomic E-state index is 12.0. The van der Waals surface area contributed by atoms with Crippen LogP contribution in [-0.2, 0) is 14.8 Å². The molecule has 112 valence electrons. The van der Waals surface area contributed by atoms with E-state index in [1.54, 1.807) is 25.1 Å². The number of nitrogens with zero attached hydrogens (tertiary/aromatic N) is 1. The summed E-state index contributed by atoms with van der Waals surface area (Å²) in [7, 11) is -3.59. The Hall–Kier alpha value is -1.27. The molecule has 0 saturated carbocycles. The van der Waals surface area contributed by atoms with Crippen LogP contribution in [-0.4, -0.2) is 33.2 Å². The van der Waals surface area contributed by atoms with Crippen molar-refractivity contribution in [3.8, 4) is 0 Å². The van der Waals surface area contributed by atoms with E-state index in [1.165, 1.54) is 6.07 Å². The van der Waals surface area contributed by atoms with Crippen LogP contribution < -0.4 is 9.62 Å². The molecule has 7 heteroatoms. The minimum absolute atomic E-state index is 0.336. The normalized spacial score (nSPS) is 12.8. The van der Waals surface area contributed by atoms with Gasteiger partial charge < -0.3 is 5.32 Å². The average molecular weight is 319 g/mol. The van der Waals surface area contributed by atoms with Crippen LogP contribution in [0.5, 0.6) is 0 Å². The SMILES string of the molecule is CCCNC(=O)C(C)N(c1cccc(Cl)c1)S(C)(=O)=O. The van der Waals surface area contributed by atoms with Crippen LogP contribution >= 0.6 is 11.6 Å². The second-order valence-electron chi connectivity index (χ2n) is 4.51. The molecule has 1 rings (SSSR count). The highest BCUT2D eigenvalue weighted by Gasteiger charge is 2.28. The number of carbonyl (C=O) groups excluding carboxylic acids is 1. The second kappa shape index (κ2) is 6.95. The third-order valence-corrected chi connectivity index (χ3v) is 4.18. The van der Waals surface area contributed by atoms with Crippen molar-refractivity contribution in [1.29, 1.82) is 0 Å². The molecule has 1 unspecified atom stereocenters. The molecule has 0 bridgehead atoms. The molecule has 0 fully saturated rings. The summed E-state index contributed by atoms with van der Waals surface area (Å²) in [5, 5.41) is 3.11. The average Bonchev–Trinajstić information content (AvgIpc) is 2.34. The van der Waals surface area contributed by atoms with E-state index in [0.29, 0.717) is 17.3 Å². The van der Waals surface area contributed by atoms with Crippen molar-refractivity contribution in [1.82, 2.24) is 5.32 Å². The van der Waals surface area contributed by atoms with Gasteiger partial charge >= 0.3 is 0 Å². The molecule has 0 aliphatic carbocycles. The Bertz CT molecular complexity index is 575. The number of sulfonamides is 1. The molecule has 20 heavy (non-hydrogen) atoms. The molecule has 0 spiro atoms. The van der Waals surface area contributed by atoms with E-state index in [1.807, 2.05) is 6.92 Å². The van der Waals surface area contributed by atoms with Crippen LogP contribution in [0.1, 0.15) is 20.3 Å². The quantitative estimate of drug-likeness (QED) is 0.872. The summed E-state index contributed by atoms with van der Waals surface area (Å²) in [6.45, 7) is 3.99.